The van der Waals surface area contributed by atoms with E-state index in [9.17, 15) is 0 Å². The lowest BCUT2D eigenvalue weighted by molar-refractivity contribution is 0.379. The van der Waals surface area contributed by atoms with Gasteiger partial charge in [-0.25, -0.2) is 0 Å². The number of rotatable bonds is 4. The first kappa shape index (κ1) is 12.3. The van der Waals surface area contributed by atoms with E-state index in [0.717, 1.165) is 12.0 Å². The van der Waals surface area contributed by atoms with Crippen molar-refractivity contribution in [2.45, 2.75) is 13.3 Å². The molecule has 1 aromatic heterocycles. The van der Waals surface area contributed by atoms with Gasteiger partial charge < -0.3 is 10.1 Å². The van der Waals surface area contributed by atoms with Gasteiger partial charge in [-0.2, -0.15) is 15.0 Å². The van der Waals surface area contributed by atoms with E-state index < -0.39 is 0 Å². The zero-order chi connectivity index (χ0) is 13.0. The van der Waals surface area contributed by atoms with Crippen molar-refractivity contribution in [2.24, 2.45) is 0 Å². The van der Waals surface area contributed by atoms with Crippen LogP contribution in [0, 0.1) is 0 Å². The molecule has 0 radical (unpaired) electrons. The van der Waals surface area contributed by atoms with Gasteiger partial charge in [0.15, 0.2) is 5.82 Å². The van der Waals surface area contributed by atoms with E-state index >= 15 is 0 Å². The second-order valence-corrected chi connectivity index (χ2v) is 3.77. The van der Waals surface area contributed by atoms with Gasteiger partial charge in [-0.1, -0.05) is 31.2 Å². The Balaban J connectivity index is 2.41. The fourth-order valence-electron chi connectivity index (χ4n) is 1.58. The maximum atomic E-state index is 5.06. The maximum absolute atomic E-state index is 5.06. The average Bonchev–Trinajstić information content (AvgIpc) is 2.46. The molecule has 0 bridgehead atoms. The van der Waals surface area contributed by atoms with E-state index in [1.54, 1.807) is 14.2 Å². The second kappa shape index (κ2) is 5.44. The molecular formula is C13H16N4O. The fraction of sp³-hybridized carbons (Fsp3) is 0.308. The van der Waals surface area contributed by atoms with Gasteiger partial charge in [-0.05, 0) is 12.0 Å². The average molecular weight is 244 g/mol. The molecule has 0 saturated heterocycles. The Morgan fingerprint density at radius 2 is 1.83 bits per heavy atom. The van der Waals surface area contributed by atoms with E-state index in [-0.39, 0.29) is 0 Å². The Kier molecular flexibility index (Phi) is 3.72. The standard InChI is InChI=1S/C13H16N4O/c1-4-9-5-7-10(8-6-9)11-15-12(14-2)17-13(16-11)18-3/h5-8H,4H2,1-3H3,(H,14,15,16,17). The van der Waals surface area contributed by atoms with E-state index in [1.807, 2.05) is 12.1 Å². The molecule has 0 atom stereocenters. The van der Waals surface area contributed by atoms with Crippen molar-refractivity contribution in [1.29, 1.82) is 0 Å². The van der Waals surface area contributed by atoms with Crippen LogP contribution in [0.2, 0.25) is 0 Å². The number of nitrogens with one attached hydrogen (secondary N) is 1. The van der Waals surface area contributed by atoms with Crippen molar-refractivity contribution in [1.82, 2.24) is 15.0 Å². The minimum atomic E-state index is 0.309. The number of hydrogen-bond acceptors (Lipinski definition) is 5. The van der Waals surface area contributed by atoms with Gasteiger partial charge in [0.1, 0.15) is 0 Å². The molecular weight excluding hydrogens is 228 g/mol. The summed E-state index contributed by atoms with van der Waals surface area (Å²) in [5.41, 5.74) is 2.23. The molecule has 0 spiro atoms. The van der Waals surface area contributed by atoms with E-state index in [2.05, 4.69) is 39.3 Å². The number of nitrogens with zero attached hydrogens (tertiary/aromatic N) is 3. The molecule has 5 nitrogen and oxygen atoms in total. The summed E-state index contributed by atoms with van der Waals surface area (Å²) in [6.45, 7) is 2.13. The Morgan fingerprint density at radius 1 is 1.11 bits per heavy atom. The van der Waals surface area contributed by atoms with Gasteiger partial charge in [0.05, 0.1) is 7.11 Å². The number of anilines is 1. The van der Waals surface area contributed by atoms with Crippen LogP contribution in [0.3, 0.4) is 0 Å². The molecule has 1 aromatic carbocycles. The summed E-state index contributed by atoms with van der Waals surface area (Å²) in [6.07, 6.45) is 1.02. The third-order valence-corrected chi connectivity index (χ3v) is 2.64. The summed E-state index contributed by atoms with van der Waals surface area (Å²) in [5.74, 6) is 1.10. The molecule has 2 aromatic rings. The summed E-state index contributed by atoms with van der Waals surface area (Å²) < 4.78 is 5.06. The largest absolute Gasteiger partial charge is 0.467 e. The van der Waals surface area contributed by atoms with Crippen molar-refractivity contribution >= 4 is 5.95 Å². The molecule has 0 aliphatic carbocycles. The van der Waals surface area contributed by atoms with Gasteiger partial charge in [-0.15, -0.1) is 0 Å². The zero-order valence-corrected chi connectivity index (χ0v) is 10.8. The van der Waals surface area contributed by atoms with Gasteiger partial charge in [0.2, 0.25) is 5.95 Å². The molecule has 0 fully saturated rings. The summed E-state index contributed by atoms with van der Waals surface area (Å²) in [4.78, 5) is 12.6. The molecule has 0 unspecified atom stereocenters. The van der Waals surface area contributed by atoms with E-state index in [4.69, 9.17) is 4.74 Å². The Morgan fingerprint density at radius 3 is 2.39 bits per heavy atom. The molecule has 0 aliphatic rings. The van der Waals surface area contributed by atoms with Crippen LogP contribution in [0.25, 0.3) is 11.4 Å². The van der Waals surface area contributed by atoms with Crippen LogP contribution in [0.4, 0.5) is 5.95 Å². The van der Waals surface area contributed by atoms with Crippen LogP contribution in [0.1, 0.15) is 12.5 Å². The number of hydrogen-bond donors (Lipinski definition) is 1. The number of aryl methyl sites for hydroxylation is 1. The van der Waals surface area contributed by atoms with Crippen LogP contribution in [0.5, 0.6) is 6.01 Å². The lowest BCUT2D eigenvalue weighted by Gasteiger charge is -2.06. The Bertz CT molecular complexity index is 503. The summed E-state index contributed by atoms with van der Waals surface area (Å²) >= 11 is 0. The topological polar surface area (TPSA) is 59.9 Å². The lowest BCUT2D eigenvalue weighted by Crippen LogP contribution is -2.03. The summed E-state index contributed by atoms with van der Waals surface area (Å²) in [5, 5.41) is 2.89. The summed E-state index contributed by atoms with van der Waals surface area (Å²) in [6, 6.07) is 8.47. The third-order valence-electron chi connectivity index (χ3n) is 2.64. The third kappa shape index (κ3) is 2.56. The van der Waals surface area contributed by atoms with Gasteiger partial charge >= 0.3 is 6.01 Å². The van der Waals surface area contributed by atoms with Crippen molar-refractivity contribution in [3.63, 3.8) is 0 Å². The summed E-state index contributed by atoms with van der Waals surface area (Å²) in [7, 11) is 3.30. The number of methoxy groups -OCH3 is 1. The Labute approximate surface area is 106 Å². The Hall–Kier alpha value is -2.17. The minimum Gasteiger partial charge on any atom is -0.467 e. The predicted octanol–water partition coefficient (Wildman–Crippen LogP) is 2.15. The van der Waals surface area contributed by atoms with Crippen LogP contribution in [-0.2, 0) is 6.42 Å². The highest BCUT2D eigenvalue weighted by molar-refractivity contribution is 5.57. The predicted molar refractivity (Wildman–Crippen MR) is 70.7 cm³/mol. The molecule has 5 heteroatoms. The fourth-order valence-corrected chi connectivity index (χ4v) is 1.58. The minimum absolute atomic E-state index is 0.309. The van der Waals surface area contributed by atoms with Gasteiger partial charge in [-0.3, -0.25) is 0 Å². The number of aromatic nitrogens is 3. The smallest absolute Gasteiger partial charge is 0.321 e. The highest BCUT2D eigenvalue weighted by Gasteiger charge is 2.07. The van der Waals surface area contributed by atoms with Crippen molar-refractivity contribution < 1.29 is 4.74 Å². The lowest BCUT2D eigenvalue weighted by atomic mass is 10.1. The van der Waals surface area contributed by atoms with Crippen molar-refractivity contribution in [3.05, 3.63) is 29.8 Å². The number of benzene rings is 1. The van der Waals surface area contributed by atoms with Crippen LogP contribution in [0.15, 0.2) is 24.3 Å². The van der Waals surface area contributed by atoms with Crippen LogP contribution < -0.4 is 10.1 Å². The van der Waals surface area contributed by atoms with Crippen LogP contribution >= 0.6 is 0 Å². The molecule has 0 amide bonds. The quantitative estimate of drug-likeness (QED) is 0.893. The van der Waals surface area contributed by atoms with Crippen molar-refractivity contribution in [2.75, 3.05) is 19.5 Å². The first-order valence-corrected chi connectivity index (χ1v) is 5.84. The monoisotopic (exact) mass is 244 g/mol. The molecule has 1 heterocycles. The zero-order valence-electron chi connectivity index (χ0n) is 10.8. The van der Waals surface area contributed by atoms with E-state index in [0.29, 0.717) is 17.8 Å². The SMILES string of the molecule is CCc1ccc(-c2nc(NC)nc(OC)n2)cc1. The maximum Gasteiger partial charge on any atom is 0.321 e. The molecule has 18 heavy (non-hydrogen) atoms. The molecule has 0 aliphatic heterocycles. The van der Waals surface area contributed by atoms with Gasteiger partial charge in [0.25, 0.3) is 0 Å². The highest BCUT2D eigenvalue weighted by Crippen LogP contribution is 2.19. The van der Waals surface area contributed by atoms with Gasteiger partial charge in [0, 0.05) is 12.6 Å². The molecule has 2 rings (SSSR count). The highest BCUT2D eigenvalue weighted by atomic mass is 16.5. The van der Waals surface area contributed by atoms with Crippen LogP contribution in [-0.4, -0.2) is 29.1 Å². The van der Waals surface area contributed by atoms with Crippen molar-refractivity contribution in [3.8, 4) is 17.4 Å². The first-order valence-electron chi connectivity index (χ1n) is 5.84. The molecule has 94 valence electrons. The van der Waals surface area contributed by atoms with E-state index in [1.165, 1.54) is 5.56 Å². The second-order valence-electron chi connectivity index (χ2n) is 3.77. The normalized spacial score (nSPS) is 10.2. The molecule has 1 N–H and O–H groups in total. The molecule has 0 saturated carbocycles. The number of ether oxygens (including phenoxy) is 1. The first-order chi connectivity index (χ1) is 8.76.